The van der Waals surface area contributed by atoms with Gasteiger partial charge >= 0.3 is 0 Å². The maximum atomic E-state index is 5.57. The number of likely N-dealkylation sites (tertiary alicyclic amines) is 1. The molecule has 3 rings (SSSR count). The highest BCUT2D eigenvalue weighted by Gasteiger charge is 2.33. The second-order valence-electron chi connectivity index (χ2n) is 5.39. The van der Waals surface area contributed by atoms with Crippen LogP contribution in [0.3, 0.4) is 0 Å². The Labute approximate surface area is 104 Å². The maximum absolute atomic E-state index is 5.57. The molecular formula is C15H21NO. The summed E-state index contributed by atoms with van der Waals surface area (Å²) in [5, 5.41) is 0. The lowest BCUT2D eigenvalue weighted by Gasteiger charge is -2.16. The summed E-state index contributed by atoms with van der Waals surface area (Å²) in [6.07, 6.45) is 2.52. The van der Waals surface area contributed by atoms with Crippen LogP contribution in [0, 0.1) is 11.8 Å². The van der Waals surface area contributed by atoms with E-state index in [2.05, 4.69) is 35.2 Å². The summed E-state index contributed by atoms with van der Waals surface area (Å²) in [4.78, 5) is 2.62. The van der Waals surface area contributed by atoms with Crippen LogP contribution in [-0.2, 0) is 11.3 Å². The summed E-state index contributed by atoms with van der Waals surface area (Å²) in [7, 11) is 0. The minimum Gasteiger partial charge on any atom is -0.381 e. The Balaban J connectivity index is 1.60. The summed E-state index contributed by atoms with van der Waals surface area (Å²) in [5.74, 6) is 1.75. The monoisotopic (exact) mass is 231 g/mol. The van der Waals surface area contributed by atoms with Crippen LogP contribution in [0.25, 0.3) is 0 Å². The first kappa shape index (κ1) is 11.2. The quantitative estimate of drug-likeness (QED) is 0.775. The molecule has 2 heterocycles. The van der Waals surface area contributed by atoms with Crippen LogP contribution in [0.4, 0.5) is 0 Å². The number of nitrogens with zero attached hydrogens (tertiary/aromatic N) is 1. The fourth-order valence-electron chi connectivity index (χ4n) is 3.23. The molecule has 2 heteroatoms. The lowest BCUT2D eigenvalue weighted by atomic mass is 9.92. The summed E-state index contributed by atoms with van der Waals surface area (Å²) >= 11 is 0. The molecule has 2 aliphatic heterocycles. The molecule has 2 saturated heterocycles. The van der Waals surface area contributed by atoms with Gasteiger partial charge in [-0.1, -0.05) is 30.3 Å². The zero-order chi connectivity index (χ0) is 11.5. The van der Waals surface area contributed by atoms with Gasteiger partial charge in [0.25, 0.3) is 0 Å². The predicted octanol–water partition coefficient (Wildman–Crippen LogP) is 2.55. The van der Waals surface area contributed by atoms with E-state index in [-0.39, 0.29) is 0 Å². The molecule has 0 radical (unpaired) electrons. The van der Waals surface area contributed by atoms with Crippen molar-refractivity contribution in [2.45, 2.75) is 19.4 Å². The molecule has 0 bridgehead atoms. The minimum absolute atomic E-state index is 0.876. The van der Waals surface area contributed by atoms with Gasteiger partial charge in [0.05, 0.1) is 0 Å². The molecule has 2 nitrogen and oxygen atoms in total. The number of ether oxygens (including phenoxy) is 1. The number of rotatable bonds is 2. The highest BCUT2D eigenvalue weighted by Crippen LogP contribution is 2.31. The van der Waals surface area contributed by atoms with Crippen molar-refractivity contribution in [3.8, 4) is 0 Å². The zero-order valence-electron chi connectivity index (χ0n) is 10.3. The molecule has 17 heavy (non-hydrogen) atoms. The Morgan fingerprint density at radius 3 is 2.29 bits per heavy atom. The summed E-state index contributed by atoms with van der Waals surface area (Å²) in [6.45, 7) is 5.60. The average molecular weight is 231 g/mol. The van der Waals surface area contributed by atoms with E-state index in [0.717, 1.165) is 31.6 Å². The van der Waals surface area contributed by atoms with Gasteiger partial charge < -0.3 is 4.74 Å². The highest BCUT2D eigenvalue weighted by molar-refractivity contribution is 5.14. The van der Waals surface area contributed by atoms with Crippen molar-refractivity contribution in [1.82, 2.24) is 4.90 Å². The molecule has 1 aromatic rings. The standard InChI is InChI=1S/C15H21NO/c1-2-4-13(5-3-1)10-16-11-14-6-8-17-9-7-15(14)12-16/h1-5,14-15H,6-12H2. The predicted molar refractivity (Wildman–Crippen MR) is 68.8 cm³/mol. The van der Waals surface area contributed by atoms with Gasteiger partial charge in [-0.3, -0.25) is 4.90 Å². The van der Waals surface area contributed by atoms with Crippen molar-refractivity contribution in [3.63, 3.8) is 0 Å². The van der Waals surface area contributed by atoms with Crippen LogP contribution in [0.15, 0.2) is 30.3 Å². The summed E-state index contributed by atoms with van der Waals surface area (Å²) in [5.41, 5.74) is 1.44. The highest BCUT2D eigenvalue weighted by atomic mass is 16.5. The molecule has 0 saturated carbocycles. The molecule has 2 unspecified atom stereocenters. The molecule has 0 spiro atoms. The molecule has 0 N–H and O–H groups in total. The Kier molecular flexibility index (Phi) is 3.44. The SMILES string of the molecule is c1ccc(CN2CC3CCOCCC3C2)cc1. The first-order valence-corrected chi connectivity index (χ1v) is 6.76. The van der Waals surface area contributed by atoms with Crippen LogP contribution >= 0.6 is 0 Å². The number of hydrogen-bond acceptors (Lipinski definition) is 2. The largest absolute Gasteiger partial charge is 0.381 e. The molecule has 2 aliphatic rings. The van der Waals surface area contributed by atoms with Gasteiger partial charge in [0, 0.05) is 32.8 Å². The van der Waals surface area contributed by atoms with E-state index >= 15 is 0 Å². The Bertz CT molecular complexity index is 337. The van der Waals surface area contributed by atoms with Crippen LogP contribution in [0.2, 0.25) is 0 Å². The topological polar surface area (TPSA) is 12.5 Å². The van der Waals surface area contributed by atoms with E-state index in [1.165, 1.54) is 31.5 Å². The van der Waals surface area contributed by atoms with Crippen LogP contribution in [0.5, 0.6) is 0 Å². The van der Waals surface area contributed by atoms with Gasteiger partial charge in [-0.2, -0.15) is 0 Å². The van der Waals surface area contributed by atoms with Gasteiger partial charge in [-0.05, 0) is 30.2 Å². The molecule has 2 atom stereocenters. The molecule has 0 aliphatic carbocycles. The van der Waals surface area contributed by atoms with Crippen molar-refractivity contribution in [3.05, 3.63) is 35.9 Å². The molecule has 92 valence electrons. The number of benzene rings is 1. The Hall–Kier alpha value is -0.860. The third kappa shape index (κ3) is 2.70. The normalized spacial score (nSPS) is 29.9. The molecule has 2 fully saturated rings. The van der Waals surface area contributed by atoms with Crippen molar-refractivity contribution in [2.24, 2.45) is 11.8 Å². The molecule has 0 amide bonds. The minimum atomic E-state index is 0.876. The first-order chi connectivity index (χ1) is 8.42. The zero-order valence-corrected chi connectivity index (χ0v) is 10.3. The van der Waals surface area contributed by atoms with Crippen LogP contribution < -0.4 is 0 Å². The summed E-state index contributed by atoms with van der Waals surface area (Å²) in [6, 6.07) is 10.8. The van der Waals surface area contributed by atoms with E-state index in [9.17, 15) is 0 Å². The number of hydrogen-bond donors (Lipinski definition) is 0. The van der Waals surface area contributed by atoms with Crippen LogP contribution in [0.1, 0.15) is 18.4 Å². The third-order valence-electron chi connectivity index (χ3n) is 4.17. The van der Waals surface area contributed by atoms with Gasteiger partial charge in [-0.25, -0.2) is 0 Å². The van der Waals surface area contributed by atoms with E-state index < -0.39 is 0 Å². The number of fused-ring (bicyclic) bond motifs is 1. The van der Waals surface area contributed by atoms with Gasteiger partial charge in [-0.15, -0.1) is 0 Å². The maximum Gasteiger partial charge on any atom is 0.0469 e. The van der Waals surface area contributed by atoms with E-state index in [0.29, 0.717) is 0 Å². The third-order valence-corrected chi connectivity index (χ3v) is 4.17. The molecule has 0 aromatic heterocycles. The van der Waals surface area contributed by atoms with E-state index in [1.54, 1.807) is 0 Å². The fraction of sp³-hybridized carbons (Fsp3) is 0.600. The Morgan fingerprint density at radius 1 is 1.00 bits per heavy atom. The molecular weight excluding hydrogens is 210 g/mol. The average Bonchev–Trinajstić information content (AvgIpc) is 2.60. The van der Waals surface area contributed by atoms with Crippen molar-refractivity contribution in [2.75, 3.05) is 26.3 Å². The van der Waals surface area contributed by atoms with Crippen molar-refractivity contribution < 1.29 is 4.74 Å². The second-order valence-corrected chi connectivity index (χ2v) is 5.39. The van der Waals surface area contributed by atoms with Gasteiger partial charge in [0.15, 0.2) is 0 Å². The van der Waals surface area contributed by atoms with Crippen LogP contribution in [-0.4, -0.2) is 31.2 Å². The van der Waals surface area contributed by atoms with E-state index in [1.807, 2.05) is 0 Å². The van der Waals surface area contributed by atoms with Gasteiger partial charge in [0.2, 0.25) is 0 Å². The smallest absolute Gasteiger partial charge is 0.0469 e. The first-order valence-electron chi connectivity index (χ1n) is 6.76. The van der Waals surface area contributed by atoms with Gasteiger partial charge in [0.1, 0.15) is 0 Å². The summed E-state index contributed by atoms with van der Waals surface area (Å²) < 4.78 is 5.57. The second kappa shape index (κ2) is 5.19. The Morgan fingerprint density at radius 2 is 1.65 bits per heavy atom. The lowest BCUT2D eigenvalue weighted by Crippen LogP contribution is -2.21. The van der Waals surface area contributed by atoms with Crippen molar-refractivity contribution in [1.29, 1.82) is 0 Å². The van der Waals surface area contributed by atoms with E-state index in [4.69, 9.17) is 4.74 Å². The lowest BCUT2D eigenvalue weighted by molar-refractivity contribution is 0.134. The molecule has 1 aromatic carbocycles. The van der Waals surface area contributed by atoms with Crippen molar-refractivity contribution >= 4 is 0 Å². The fourth-order valence-corrected chi connectivity index (χ4v) is 3.23.